The second-order valence-corrected chi connectivity index (χ2v) is 18.4. The summed E-state index contributed by atoms with van der Waals surface area (Å²) in [6.45, 7) is 19.2. The van der Waals surface area contributed by atoms with Crippen LogP contribution in [0.1, 0.15) is 98.8 Å². The van der Waals surface area contributed by atoms with E-state index in [0.717, 1.165) is 16.7 Å². The van der Waals surface area contributed by atoms with E-state index in [0.29, 0.717) is 10.8 Å². The Morgan fingerprint density at radius 3 is 2.28 bits per heavy atom. The standard InChI is InChI=1S/C46H62ClN3O10/c1-28(2)23-37-40(53)58-36(30(4)16-17-31-19-21-33(22-20-31)57-41(54)46(10,11)27-49-43(56)60-44(5,6)7)13-12-14-38(51)50-35(25-32-18-15-29(3)34(47)24-32)39(52)48-26-45(8,9)42(55)59-37/h12,14-22,24,28,30,35-37H,13,23,25-27H2,1-11H3,(H,48,52)(H,49,56)(H,50,51)/b14-12+,17-16+/t30-,35-,36+,37+/m1/s1. The van der Waals surface area contributed by atoms with Crippen molar-refractivity contribution in [2.75, 3.05) is 13.1 Å². The van der Waals surface area contributed by atoms with E-state index < -0.39 is 76.4 Å². The van der Waals surface area contributed by atoms with Crippen molar-refractivity contribution in [1.82, 2.24) is 16.0 Å². The first-order valence-electron chi connectivity index (χ1n) is 20.2. The first-order valence-corrected chi connectivity index (χ1v) is 20.6. The lowest BCUT2D eigenvalue weighted by atomic mass is 9.93. The summed E-state index contributed by atoms with van der Waals surface area (Å²) in [5.74, 6) is -3.11. The summed E-state index contributed by atoms with van der Waals surface area (Å²) in [5, 5.41) is 8.68. The second kappa shape index (κ2) is 21.4. The molecule has 0 spiro atoms. The van der Waals surface area contributed by atoms with E-state index in [4.69, 9.17) is 30.5 Å². The molecule has 0 unspecified atom stereocenters. The zero-order valence-corrected chi connectivity index (χ0v) is 37.5. The number of amides is 3. The summed E-state index contributed by atoms with van der Waals surface area (Å²) in [5.41, 5.74) is -0.594. The molecule has 328 valence electrons. The fourth-order valence-electron chi connectivity index (χ4n) is 5.70. The highest BCUT2D eigenvalue weighted by atomic mass is 35.5. The van der Waals surface area contributed by atoms with Gasteiger partial charge >= 0.3 is 24.0 Å². The Labute approximate surface area is 359 Å². The Morgan fingerprint density at radius 2 is 1.67 bits per heavy atom. The van der Waals surface area contributed by atoms with Crippen LogP contribution in [0.15, 0.2) is 60.7 Å². The molecule has 1 heterocycles. The fourth-order valence-corrected chi connectivity index (χ4v) is 5.91. The minimum Gasteiger partial charge on any atom is -0.459 e. The number of cyclic esters (lactones) is 2. The van der Waals surface area contributed by atoms with Gasteiger partial charge in [0, 0.05) is 36.9 Å². The van der Waals surface area contributed by atoms with E-state index in [1.165, 1.54) is 6.08 Å². The van der Waals surface area contributed by atoms with E-state index in [9.17, 15) is 28.8 Å². The van der Waals surface area contributed by atoms with Crippen molar-refractivity contribution in [3.8, 4) is 5.75 Å². The largest absolute Gasteiger partial charge is 0.459 e. The maximum Gasteiger partial charge on any atom is 0.407 e. The van der Waals surface area contributed by atoms with Crippen molar-refractivity contribution in [3.63, 3.8) is 0 Å². The third kappa shape index (κ3) is 16.1. The normalized spacial score (nSPS) is 20.6. The molecule has 13 nitrogen and oxygen atoms in total. The van der Waals surface area contributed by atoms with Gasteiger partial charge in [0.1, 0.15) is 23.5 Å². The van der Waals surface area contributed by atoms with Crippen LogP contribution in [0.25, 0.3) is 6.08 Å². The molecule has 0 fully saturated rings. The summed E-state index contributed by atoms with van der Waals surface area (Å²) in [7, 11) is 0. The molecule has 4 atom stereocenters. The molecule has 0 saturated heterocycles. The van der Waals surface area contributed by atoms with Crippen LogP contribution in [0.5, 0.6) is 5.75 Å². The predicted octanol–water partition coefficient (Wildman–Crippen LogP) is 7.45. The smallest absolute Gasteiger partial charge is 0.407 e. The Balaban J connectivity index is 1.82. The molecule has 0 bridgehead atoms. The minimum absolute atomic E-state index is 0.00506. The molecule has 60 heavy (non-hydrogen) atoms. The second-order valence-electron chi connectivity index (χ2n) is 18.0. The molecule has 3 amide bonds. The van der Waals surface area contributed by atoms with E-state index in [1.54, 1.807) is 84.9 Å². The van der Waals surface area contributed by atoms with E-state index in [-0.39, 0.29) is 38.3 Å². The zero-order chi connectivity index (χ0) is 45.0. The summed E-state index contributed by atoms with van der Waals surface area (Å²) in [6.07, 6.45) is 4.38. The van der Waals surface area contributed by atoms with Gasteiger partial charge in [0.25, 0.3) is 0 Å². The van der Waals surface area contributed by atoms with E-state index in [1.807, 2.05) is 52.0 Å². The van der Waals surface area contributed by atoms with Gasteiger partial charge in [-0.15, -0.1) is 0 Å². The molecule has 0 radical (unpaired) electrons. The topological polar surface area (TPSA) is 175 Å². The number of aryl methyl sites for hydroxylation is 1. The van der Waals surface area contributed by atoms with Crippen LogP contribution in [0.4, 0.5) is 4.79 Å². The molecule has 0 aliphatic carbocycles. The molecule has 0 aromatic heterocycles. The number of hydrogen-bond donors (Lipinski definition) is 3. The average Bonchev–Trinajstić information content (AvgIpc) is 3.15. The van der Waals surface area contributed by atoms with Gasteiger partial charge in [0.15, 0.2) is 6.10 Å². The van der Waals surface area contributed by atoms with Gasteiger partial charge in [-0.05, 0) is 109 Å². The molecule has 1 aliphatic rings. The molecule has 2 aromatic carbocycles. The number of benzene rings is 2. The molecule has 3 N–H and O–H groups in total. The lowest BCUT2D eigenvalue weighted by Gasteiger charge is -2.29. The molecule has 3 rings (SSSR count). The highest BCUT2D eigenvalue weighted by molar-refractivity contribution is 6.31. The number of alkyl carbamates (subject to hydrolysis) is 1. The summed E-state index contributed by atoms with van der Waals surface area (Å²) >= 11 is 6.35. The van der Waals surface area contributed by atoms with Crippen LogP contribution in [0, 0.1) is 29.6 Å². The van der Waals surface area contributed by atoms with Crippen molar-refractivity contribution in [3.05, 3.63) is 82.4 Å². The lowest BCUT2D eigenvalue weighted by molar-refractivity contribution is -0.178. The van der Waals surface area contributed by atoms with Crippen LogP contribution in [0.2, 0.25) is 5.02 Å². The minimum atomic E-state index is -1.23. The van der Waals surface area contributed by atoms with Gasteiger partial charge in [0.05, 0.1) is 10.8 Å². The summed E-state index contributed by atoms with van der Waals surface area (Å²) in [6, 6.07) is 11.2. The number of hydrogen-bond acceptors (Lipinski definition) is 10. The number of halogens is 1. The van der Waals surface area contributed by atoms with E-state index >= 15 is 0 Å². The molecular formula is C46H62ClN3O10. The van der Waals surface area contributed by atoms with Crippen LogP contribution >= 0.6 is 11.6 Å². The Bertz CT molecular complexity index is 1910. The third-order valence-corrected chi connectivity index (χ3v) is 9.97. The van der Waals surface area contributed by atoms with Crippen molar-refractivity contribution in [2.45, 2.75) is 119 Å². The van der Waals surface area contributed by atoms with Crippen LogP contribution in [0.3, 0.4) is 0 Å². The zero-order valence-electron chi connectivity index (χ0n) is 36.7. The first-order chi connectivity index (χ1) is 27.8. The van der Waals surface area contributed by atoms with Crippen molar-refractivity contribution >= 4 is 53.5 Å². The maximum atomic E-state index is 13.7. The molecule has 0 saturated carbocycles. The van der Waals surface area contributed by atoms with E-state index in [2.05, 4.69) is 16.0 Å². The lowest BCUT2D eigenvalue weighted by Crippen LogP contribution is -2.51. The molecule has 14 heteroatoms. The predicted molar refractivity (Wildman–Crippen MR) is 230 cm³/mol. The van der Waals surface area contributed by atoms with Gasteiger partial charge < -0.3 is 34.9 Å². The summed E-state index contributed by atoms with van der Waals surface area (Å²) in [4.78, 5) is 79.1. The van der Waals surface area contributed by atoms with Gasteiger partial charge in [0.2, 0.25) is 11.8 Å². The Kier molecular flexibility index (Phi) is 17.5. The number of nitrogens with one attached hydrogen (secondary N) is 3. The quantitative estimate of drug-likeness (QED) is 0.117. The molecule has 1 aliphatic heterocycles. The van der Waals surface area contributed by atoms with Crippen LogP contribution < -0.4 is 20.7 Å². The van der Waals surface area contributed by atoms with Gasteiger partial charge in [-0.1, -0.05) is 74.9 Å². The fraction of sp³-hybridized carbons (Fsp3) is 0.522. The Hall–Kier alpha value is -5.17. The Morgan fingerprint density at radius 1 is 1.00 bits per heavy atom. The maximum absolute atomic E-state index is 13.7. The van der Waals surface area contributed by atoms with Gasteiger partial charge in [-0.25, -0.2) is 9.59 Å². The number of ether oxygens (including phenoxy) is 4. The summed E-state index contributed by atoms with van der Waals surface area (Å²) < 4.78 is 22.7. The monoisotopic (exact) mass is 851 g/mol. The highest BCUT2D eigenvalue weighted by Crippen LogP contribution is 2.25. The van der Waals surface area contributed by atoms with Crippen LogP contribution in [-0.2, 0) is 44.6 Å². The van der Waals surface area contributed by atoms with Gasteiger partial charge in [-0.2, -0.15) is 0 Å². The highest BCUT2D eigenvalue weighted by Gasteiger charge is 2.37. The van der Waals surface area contributed by atoms with Crippen LogP contribution in [-0.4, -0.2) is 72.8 Å². The van der Waals surface area contributed by atoms with Crippen molar-refractivity contribution in [1.29, 1.82) is 0 Å². The number of rotatable bonds is 11. The number of esters is 3. The first kappa shape index (κ1) is 49.2. The average molecular weight is 852 g/mol. The SMILES string of the molecule is Cc1ccc(C[C@H]2NC(=O)/C=C/C[C@@H]([C@H](C)/C=C/c3ccc(OC(=O)C(C)(C)CNC(=O)OC(C)(C)C)cc3)OC(=O)[C@H](CC(C)C)OC(=O)C(C)(C)CNC2=O)cc1Cl. The molecular weight excluding hydrogens is 790 g/mol. The number of carbonyl (C=O) groups is 6. The van der Waals surface area contributed by atoms with Crippen molar-refractivity contribution in [2.24, 2.45) is 22.7 Å². The van der Waals surface area contributed by atoms with Gasteiger partial charge in [-0.3, -0.25) is 19.2 Å². The molecule has 2 aromatic rings. The number of carbonyl (C=O) groups excluding carboxylic acids is 6. The third-order valence-electron chi connectivity index (χ3n) is 9.56. The van der Waals surface area contributed by atoms with Crippen molar-refractivity contribution < 1.29 is 47.7 Å².